The molecule has 2 aromatic rings. The second-order valence-corrected chi connectivity index (χ2v) is 9.24. The van der Waals surface area contributed by atoms with Gasteiger partial charge in [-0.25, -0.2) is 8.42 Å². The lowest BCUT2D eigenvalue weighted by atomic mass is 10.1. The molecule has 0 saturated carbocycles. The summed E-state index contributed by atoms with van der Waals surface area (Å²) < 4.78 is 41.5. The van der Waals surface area contributed by atoms with E-state index >= 15 is 0 Å². The number of carbonyl (C=O) groups is 2. The van der Waals surface area contributed by atoms with Crippen molar-refractivity contribution in [2.45, 2.75) is 0 Å². The first-order valence-electron chi connectivity index (χ1n) is 9.95. The summed E-state index contributed by atoms with van der Waals surface area (Å²) >= 11 is 0. The summed E-state index contributed by atoms with van der Waals surface area (Å²) in [7, 11) is -3.75. The third kappa shape index (κ3) is 4.94. The number of fused-ring (bicyclic) bond motifs is 1. The van der Waals surface area contributed by atoms with Gasteiger partial charge in [0.1, 0.15) is 6.54 Å². The molecule has 0 aliphatic carbocycles. The Bertz CT molecular complexity index is 1110. The fraction of sp³-hybridized carbons (Fsp3) is 0.333. The van der Waals surface area contributed by atoms with Crippen molar-refractivity contribution in [2.24, 2.45) is 0 Å². The lowest BCUT2D eigenvalue weighted by Gasteiger charge is -2.27. The van der Waals surface area contributed by atoms with Gasteiger partial charge in [0.25, 0.3) is 5.91 Å². The van der Waals surface area contributed by atoms with Crippen LogP contribution in [0.5, 0.6) is 11.5 Å². The second-order valence-electron chi connectivity index (χ2n) is 7.34. The van der Waals surface area contributed by atoms with Crippen LogP contribution >= 0.6 is 0 Å². The fourth-order valence-electron chi connectivity index (χ4n) is 3.42. The zero-order valence-corrected chi connectivity index (χ0v) is 18.3. The first-order valence-corrected chi connectivity index (χ1v) is 11.8. The van der Waals surface area contributed by atoms with Crippen molar-refractivity contribution in [3.63, 3.8) is 0 Å². The van der Waals surface area contributed by atoms with Crippen molar-refractivity contribution in [2.75, 3.05) is 55.5 Å². The number of nitrogens with one attached hydrogen (secondary N) is 1. The minimum atomic E-state index is -3.75. The highest BCUT2D eigenvalue weighted by Gasteiger charge is 2.23. The van der Waals surface area contributed by atoms with Crippen molar-refractivity contribution < 1.29 is 32.2 Å². The molecule has 1 saturated heterocycles. The van der Waals surface area contributed by atoms with Crippen LogP contribution in [-0.2, 0) is 19.6 Å². The van der Waals surface area contributed by atoms with Gasteiger partial charge < -0.3 is 24.4 Å². The number of morpholine rings is 1. The van der Waals surface area contributed by atoms with Gasteiger partial charge in [0.15, 0.2) is 11.5 Å². The Kier molecular flexibility index (Phi) is 6.19. The molecule has 0 spiro atoms. The van der Waals surface area contributed by atoms with Gasteiger partial charge in [0, 0.05) is 30.4 Å². The average molecular weight is 461 g/mol. The molecule has 2 amide bonds. The maximum Gasteiger partial charge on any atom is 0.254 e. The van der Waals surface area contributed by atoms with Crippen molar-refractivity contribution in [1.82, 2.24) is 4.90 Å². The SMILES string of the molecule is CS(=O)(=O)N(CC(=O)Nc1ccc2c(c1)OCO2)c1ccc(C(=O)N2CCOCC2)cc1. The van der Waals surface area contributed by atoms with Crippen molar-refractivity contribution in [3.8, 4) is 11.5 Å². The quantitative estimate of drug-likeness (QED) is 0.689. The van der Waals surface area contributed by atoms with Crippen LogP contribution in [0.15, 0.2) is 42.5 Å². The standard InChI is InChI=1S/C21H23N3O7S/c1-32(27,28)24(13-20(25)22-16-4-7-18-19(12-16)31-14-30-18)17-5-2-15(3-6-17)21(26)23-8-10-29-11-9-23/h2-7,12H,8-11,13-14H2,1H3,(H,22,25). The number of hydrogen-bond acceptors (Lipinski definition) is 7. The molecule has 0 aromatic heterocycles. The predicted octanol–water partition coefficient (Wildman–Crippen LogP) is 1.29. The lowest BCUT2D eigenvalue weighted by Crippen LogP contribution is -2.40. The molecule has 2 aromatic carbocycles. The Morgan fingerprint density at radius 2 is 1.72 bits per heavy atom. The number of nitrogens with zero attached hydrogens (tertiary/aromatic N) is 2. The molecule has 2 aliphatic rings. The molecule has 0 unspecified atom stereocenters. The minimum absolute atomic E-state index is 0.110. The average Bonchev–Trinajstić information content (AvgIpc) is 3.25. The number of hydrogen-bond donors (Lipinski definition) is 1. The summed E-state index contributed by atoms with van der Waals surface area (Å²) in [5, 5.41) is 2.66. The molecule has 0 atom stereocenters. The van der Waals surface area contributed by atoms with E-state index in [1.807, 2.05) is 0 Å². The number of carbonyl (C=O) groups excluding carboxylic acids is 2. The molecule has 0 radical (unpaired) electrons. The number of benzene rings is 2. The number of amides is 2. The second kappa shape index (κ2) is 9.05. The summed E-state index contributed by atoms with van der Waals surface area (Å²) in [6, 6.07) is 11.1. The van der Waals surface area contributed by atoms with Crippen molar-refractivity contribution >= 4 is 33.2 Å². The summed E-state index contributed by atoms with van der Waals surface area (Å²) in [5.74, 6) is 0.407. The molecule has 4 rings (SSSR count). The van der Waals surface area contributed by atoms with Gasteiger partial charge >= 0.3 is 0 Å². The Morgan fingerprint density at radius 1 is 1.03 bits per heavy atom. The molecule has 1 N–H and O–H groups in total. The van der Waals surface area contributed by atoms with E-state index in [9.17, 15) is 18.0 Å². The van der Waals surface area contributed by atoms with E-state index in [2.05, 4.69) is 5.32 Å². The van der Waals surface area contributed by atoms with Crippen LogP contribution in [-0.4, -0.2) is 71.0 Å². The van der Waals surface area contributed by atoms with Gasteiger partial charge in [-0.15, -0.1) is 0 Å². The molecule has 2 heterocycles. The third-order valence-electron chi connectivity index (χ3n) is 5.04. The zero-order chi connectivity index (χ0) is 22.7. The van der Waals surface area contributed by atoms with Crippen LogP contribution in [0.1, 0.15) is 10.4 Å². The van der Waals surface area contributed by atoms with Crippen LogP contribution < -0.4 is 19.1 Å². The number of anilines is 2. The normalized spacial score (nSPS) is 15.3. The Morgan fingerprint density at radius 3 is 2.41 bits per heavy atom. The van der Waals surface area contributed by atoms with Gasteiger partial charge in [-0.05, 0) is 36.4 Å². The van der Waals surface area contributed by atoms with Gasteiger partial charge in [-0.1, -0.05) is 0 Å². The summed E-state index contributed by atoms with van der Waals surface area (Å²) in [6.45, 7) is 1.68. The topological polar surface area (TPSA) is 114 Å². The molecule has 0 bridgehead atoms. The molecule has 10 nitrogen and oxygen atoms in total. The van der Waals surface area contributed by atoms with E-state index in [-0.39, 0.29) is 18.4 Å². The Labute approximate surface area is 185 Å². The van der Waals surface area contributed by atoms with Crippen molar-refractivity contribution in [1.29, 1.82) is 0 Å². The van der Waals surface area contributed by atoms with E-state index in [1.165, 1.54) is 12.1 Å². The highest BCUT2D eigenvalue weighted by molar-refractivity contribution is 7.92. The van der Waals surface area contributed by atoms with E-state index in [1.54, 1.807) is 35.2 Å². The Hall–Kier alpha value is -3.31. The monoisotopic (exact) mass is 461 g/mol. The molecular formula is C21H23N3O7S. The predicted molar refractivity (Wildman–Crippen MR) is 117 cm³/mol. The third-order valence-corrected chi connectivity index (χ3v) is 6.18. The van der Waals surface area contributed by atoms with E-state index in [4.69, 9.17) is 14.2 Å². The Balaban J connectivity index is 1.46. The summed E-state index contributed by atoms with van der Waals surface area (Å²) in [5.41, 5.74) is 1.18. The van der Waals surface area contributed by atoms with E-state index in [0.717, 1.165) is 10.6 Å². The number of ether oxygens (including phenoxy) is 3. The van der Waals surface area contributed by atoms with E-state index < -0.39 is 22.5 Å². The highest BCUT2D eigenvalue weighted by Crippen LogP contribution is 2.34. The van der Waals surface area contributed by atoms with Crippen LogP contribution in [0, 0.1) is 0 Å². The smallest absolute Gasteiger partial charge is 0.254 e. The molecule has 2 aliphatic heterocycles. The minimum Gasteiger partial charge on any atom is -0.454 e. The van der Waals surface area contributed by atoms with Gasteiger partial charge in [0.05, 0.1) is 25.2 Å². The molecular weight excluding hydrogens is 438 g/mol. The lowest BCUT2D eigenvalue weighted by molar-refractivity contribution is -0.114. The van der Waals surface area contributed by atoms with Gasteiger partial charge in [0.2, 0.25) is 22.7 Å². The fourth-order valence-corrected chi connectivity index (χ4v) is 4.28. The largest absolute Gasteiger partial charge is 0.454 e. The molecule has 170 valence electrons. The van der Waals surface area contributed by atoms with Crippen LogP contribution in [0.25, 0.3) is 0 Å². The molecule has 32 heavy (non-hydrogen) atoms. The first kappa shape index (κ1) is 21.9. The summed E-state index contributed by atoms with van der Waals surface area (Å²) in [4.78, 5) is 26.8. The van der Waals surface area contributed by atoms with Crippen LogP contribution in [0.4, 0.5) is 11.4 Å². The first-order chi connectivity index (χ1) is 15.3. The zero-order valence-electron chi connectivity index (χ0n) is 17.4. The highest BCUT2D eigenvalue weighted by atomic mass is 32.2. The number of sulfonamides is 1. The number of rotatable bonds is 6. The van der Waals surface area contributed by atoms with Gasteiger partial charge in [-0.3, -0.25) is 13.9 Å². The summed E-state index contributed by atoms with van der Waals surface area (Å²) in [6.07, 6.45) is 1.02. The van der Waals surface area contributed by atoms with Crippen molar-refractivity contribution in [3.05, 3.63) is 48.0 Å². The van der Waals surface area contributed by atoms with E-state index in [0.29, 0.717) is 49.1 Å². The molecule has 11 heteroatoms. The maximum absolute atomic E-state index is 12.6. The van der Waals surface area contributed by atoms with Crippen LogP contribution in [0.3, 0.4) is 0 Å². The van der Waals surface area contributed by atoms with Crippen LogP contribution in [0.2, 0.25) is 0 Å². The maximum atomic E-state index is 12.6. The molecule has 1 fully saturated rings. The van der Waals surface area contributed by atoms with Gasteiger partial charge in [-0.2, -0.15) is 0 Å².